The SMILES string of the molecule is O=C(c1ccncn1)N1C[C@@H]2C[C@H](C1)c1ccc(CN3CCCC3)c(=O)n1C2.O=CO. The number of carboxylic acid groups (broad SMARTS) is 1. The second kappa shape index (κ2) is 9.38. The molecule has 9 nitrogen and oxygen atoms in total. The molecule has 0 saturated carbocycles. The van der Waals surface area contributed by atoms with E-state index in [1.54, 1.807) is 12.3 Å². The fraction of sp³-hybridized carbons (Fsp3) is 0.500. The molecular formula is C22H27N5O4. The van der Waals surface area contributed by atoms with Crippen molar-refractivity contribution < 1.29 is 14.7 Å². The van der Waals surface area contributed by atoms with Gasteiger partial charge < -0.3 is 14.6 Å². The van der Waals surface area contributed by atoms with Gasteiger partial charge in [-0.25, -0.2) is 9.97 Å². The van der Waals surface area contributed by atoms with Crippen molar-refractivity contribution in [2.75, 3.05) is 26.2 Å². The Labute approximate surface area is 180 Å². The van der Waals surface area contributed by atoms with E-state index in [1.807, 2.05) is 15.5 Å². The van der Waals surface area contributed by atoms with Gasteiger partial charge in [0.2, 0.25) is 0 Å². The van der Waals surface area contributed by atoms with E-state index in [-0.39, 0.29) is 23.9 Å². The standard InChI is InChI=1S/C21H25N5O2.CH2O2/c27-20-16(12-24-7-1-2-8-24)3-4-19-17-9-15(11-26(19)20)10-25(13-17)21(28)18-5-6-22-14-23-18;2-1-3/h3-6,14-15,17H,1-2,7-13H2;1H,(H,2,3)/t15-,17+;/m0./s1. The van der Waals surface area contributed by atoms with Crippen molar-refractivity contribution in [2.45, 2.75) is 38.3 Å². The van der Waals surface area contributed by atoms with Crippen LogP contribution in [-0.2, 0) is 17.9 Å². The van der Waals surface area contributed by atoms with Gasteiger partial charge in [-0.1, -0.05) is 6.07 Å². The molecule has 1 amide bonds. The molecule has 31 heavy (non-hydrogen) atoms. The molecule has 2 saturated heterocycles. The van der Waals surface area contributed by atoms with Crippen molar-refractivity contribution >= 4 is 12.4 Å². The molecule has 164 valence electrons. The van der Waals surface area contributed by atoms with E-state index in [9.17, 15) is 9.59 Å². The van der Waals surface area contributed by atoms with Gasteiger partial charge in [-0.2, -0.15) is 0 Å². The van der Waals surface area contributed by atoms with Crippen LogP contribution < -0.4 is 5.56 Å². The van der Waals surface area contributed by atoms with Crippen molar-refractivity contribution in [3.8, 4) is 0 Å². The second-order valence-electron chi connectivity index (χ2n) is 8.39. The van der Waals surface area contributed by atoms with E-state index in [4.69, 9.17) is 9.90 Å². The lowest BCUT2D eigenvalue weighted by atomic mass is 9.83. The van der Waals surface area contributed by atoms with Crippen molar-refractivity contribution in [1.82, 2.24) is 24.3 Å². The van der Waals surface area contributed by atoms with E-state index >= 15 is 0 Å². The molecule has 0 aromatic carbocycles. The van der Waals surface area contributed by atoms with E-state index in [0.29, 0.717) is 31.2 Å². The van der Waals surface area contributed by atoms with Crippen molar-refractivity contribution in [1.29, 1.82) is 0 Å². The van der Waals surface area contributed by atoms with Gasteiger partial charge in [0.15, 0.2) is 0 Å². The van der Waals surface area contributed by atoms with Gasteiger partial charge in [0.25, 0.3) is 17.9 Å². The minimum absolute atomic E-state index is 0.0430. The Bertz CT molecular complexity index is 987. The highest BCUT2D eigenvalue weighted by Gasteiger charge is 2.37. The van der Waals surface area contributed by atoms with Crippen molar-refractivity contribution in [3.63, 3.8) is 0 Å². The van der Waals surface area contributed by atoms with Gasteiger partial charge in [-0.15, -0.1) is 0 Å². The zero-order valence-corrected chi connectivity index (χ0v) is 17.4. The van der Waals surface area contributed by atoms with Crippen LogP contribution in [0.4, 0.5) is 0 Å². The molecule has 9 heteroatoms. The summed E-state index contributed by atoms with van der Waals surface area (Å²) in [5, 5.41) is 6.89. The van der Waals surface area contributed by atoms with E-state index in [2.05, 4.69) is 20.9 Å². The van der Waals surface area contributed by atoms with Crippen LogP contribution >= 0.6 is 0 Å². The third kappa shape index (κ3) is 4.51. The molecule has 0 aliphatic carbocycles. The van der Waals surface area contributed by atoms with Crippen LogP contribution in [0.25, 0.3) is 0 Å². The molecule has 1 N–H and O–H groups in total. The van der Waals surface area contributed by atoms with Crippen LogP contribution in [0.5, 0.6) is 0 Å². The number of nitrogens with zero attached hydrogens (tertiary/aromatic N) is 5. The number of rotatable bonds is 3. The number of piperidine rings is 1. The van der Waals surface area contributed by atoms with Gasteiger partial charge in [-0.05, 0) is 50.4 Å². The smallest absolute Gasteiger partial charge is 0.290 e. The zero-order valence-electron chi connectivity index (χ0n) is 17.4. The third-order valence-corrected chi connectivity index (χ3v) is 6.36. The Kier molecular flexibility index (Phi) is 6.41. The van der Waals surface area contributed by atoms with Gasteiger partial charge in [0.05, 0.1) is 0 Å². The molecule has 5 heterocycles. The summed E-state index contributed by atoms with van der Waals surface area (Å²) in [6, 6.07) is 5.79. The van der Waals surface area contributed by atoms with Gasteiger partial charge >= 0.3 is 0 Å². The van der Waals surface area contributed by atoms with Crippen LogP contribution in [0.2, 0.25) is 0 Å². The summed E-state index contributed by atoms with van der Waals surface area (Å²) in [5.74, 6) is 0.488. The number of carbonyl (C=O) groups is 2. The van der Waals surface area contributed by atoms with Crippen LogP contribution in [-0.4, -0.2) is 68.0 Å². The normalized spacial score (nSPS) is 22.3. The lowest BCUT2D eigenvalue weighted by Crippen LogP contribution is -2.49. The largest absolute Gasteiger partial charge is 0.483 e. The quantitative estimate of drug-likeness (QED) is 0.736. The summed E-state index contributed by atoms with van der Waals surface area (Å²) < 4.78 is 1.98. The van der Waals surface area contributed by atoms with Crippen LogP contribution in [0.3, 0.4) is 0 Å². The Morgan fingerprint density at radius 1 is 1.16 bits per heavy atom. The number of pyridine rings is 1. The predicted molar refractivity (Wildman–Crippen MR) is 113 cm³/mol. The maximum absolute atomic E-state index is 13.1. The molecule has 0 unspecified atom stereocenters. The molecule has 2 fully saturated rings. The maximum Gasteiger partial charge on any atom is 0.290 e. The zero-order chi connectivity index (χ0) is 21.8. The van der Waals surface area contributed by atoms with Crippen LogP contribution in [0, 0.1) is 5.92 Å². The van der Waals surface area contributed by atoms with Crippen LogP contribution in [0.1, 0.15) is 46.9 Å². The number of hydrogen-bond acceptors (Lipinski definition) is 6. The fourth-order valence-corrected chi connectivity index (χ4v) is 5.04. The minimum Gasteiger partial charge on any atom is -0.483 e. The number of amides is 1. The molecule has 2 aromatic heterocycles. The maximum atomic E-state index is 13.1. The van der Waals surface area contributed by atoms with Gasteiger partial charge in [0, 0.05) is 49.6 Å². The lowest BCUT2D eigenvalue weighted by molar-refractivity contribution is -0.122. The summed E-state index contributed by atoms with van der Waals surface area (Å²) in [6.07, 6.45) is 6.51. The Balaban J connectivity index is 0.000000730. The molecule has 3 aliphatic heterocycles. The predicted octanol–water partition coefficient (Wildman–Crippen LogP) is 1.19. The number of carbonyl (C=O) groups excluding carboxylic acids is 1. The molecular weight excluding hydrogens is 398 g/mol. The molecule has 3 aliphatic rings. The fourth-order valence-electron chi connectivity index (χ4n) is 5.04. The molecule has 2 bridgehead atoms. The second-order valence-corrected chi connectivity index (χ2v) is 8.39. The first kappa shape index (κ1) is 21.2. The molecule has 2 aromatic rings. The summed E-state index contributed by atoms with van der Waals surface area (Å²) in [4.78, 5) is 46.6. The average molecular weight is 425 g/mol. The summed E-state index contributed by atoms with van der Waals surface area (Å²) >= 11 is 0. The first-order chi connectivity index (χ1) is 15.1. The topological polar surface area (TPSA) is 109 Å². The minimum atomic E-state index is -0.250. The molecule has 2 atom stereocenters. The summed E-state index contributed by atoms with van der Waals surface area (Å²) in [5.41, 5.74) is 2.58. The Hall–Kier alpha value is -3.07. The highest BCUT2D eigenvalue weighted by molar-refractivity contribution is 5.92. The Morgan fingerprint density at radius 3 is 2.65 bits per heavy atom. The first-order valence-corrected chi connectivity index (χ1v) is 10.7. The monoisotopic (exact) mass is 425 g/mol. The van der Waals surface area contributed by atoms with Gasteiger partial charge in [0.1, 0.15) is 12.0 Å². The highest BCUT2D eigenvalue weighted by atomic mass is 16.3. The molecule has 0 radical (unpaired) electrons. The molecule has 0 spiro atoms. The third-order valence-electron chi connectivity index (χ3n) is 6.36. The highest BCUT2D eigenvalue weighted by Crippen LogP contribution is 2.35. The van der Waals surface area contributed by atoms with E-state index in [0.717, 1.165) is 37.3 Å². The summed E-state index contributed by atoms with van der Waals surface area (Å²) in [7, 11) is 0. The lowest BCUT2D eigenvalue weighted by Gasteiger charge is -2.42. The first-order valence-electron chi connectivity index (χ1n) is 10.7. The average Bonchev–Trinajstić information content (AvgIpc) is 3.30. The number of hydrogen-bond donors (Lipinski definition) is 1. The number of fused-ring (bicyclic) bond motifs is 4. The van der Waals surface area contributed by atoms with E-state index in [1.165, 1.54) is 19.2 Å². The number of likely N-dealkylation sites (tertiary alicyclic amines) is 2. The summed E-state index contributed by atoms with van der Waals surface area (Å²) in [6.45, 7) is 4.71. The molecule has 5 rings (SSSR count). The van der Waals surface area contributed by atoms with Crippen LogP contribution in [0.15, 0.2) is 35.5 Å². The number of aromatic nitrogens is 3. The Morgan fingerprint density at radius 2 is 1.94 bits per heavy atom. The van der Waals surface area contributed by atoms with E-state index < -0.39 is 0 Å². The van der Waals surface area contributed by atoms with Gasteiger partial charge in [-0.3, -0.25) is 19.3 Å². The van der Waals surface area contributed by atoms with Crippen molar-refractivity contribution in [2.24, 2.45) is 5.92 Å². The van der Waals surface area contributed by atoms with Crippen molar-refractivity contribution in [3.05, 3.63) is 58.0 Å².